The van der Waals surface area contributed by atoms with E-state index >= 15 is 0 Å². The Balaban J connectivity index is 1.32. The van der Waals surface area contributed by atoms with E-state index in [2.05, 4.69) is 20.6 Å². The van der Waals surface area contributed by atoms with Crippen LogP contribution in [-0.4, -0.2) is 39.1 Å². The third kappa shape index (κ3) is 4.53. The fourth-order valence-corrected chi connectivity index (χ4v) is 4.27. The lowest BCUT2D eigenvalue weighted by atomic mass is 10.1. The number of aromatic nitrogens is 2. The van der Waals surface area contributed by atoms with Crippen LogP contribution in [0.25, 0.3) is 0 Å². The van der Waals surface area contributed by atoms with Crippen molar-refractivity contribution < 1.29 is 4.79 Å². The third-order valence-electron chi connectivity index (χ3n) is 3.95. The van der Waals surface area contributed by atoms with Crippen LogP contribution >= 0.6 is 23.1 Å². The summed E-state index contributed by atoms with van der Waals surface area (Å²) in [5.41, 5.74) is 2.99. The van der Waals surface area contributed by atoms with E-state index in [1.54, 1.807) is 5.01 Å². The van der Waals surface area contributed by atoms with Crippen LogP contribution in [0.3, 0.4) is 0 Å². The van der Waals surface area contributed by atoms with Gasteiger partial charge >= 0.3 is 0 Å². The van der Waals surface area contributed by atoms with Gasteiger partial charge in [0, 0.05) is 12.1 Å². The fraction of sp³-hybridized carbons (Fsp3) is 0.158. The summed E-state index contributed by atoms with van der Waals surface area (Å²) in [7, 11) is 0. The number of nitrogens with zero attached hydrogens (tertiary/aromatic N) is 4. The standard InChI is InChI=1S/C19H17N5OS2/c25-17(24-12-11-16(23-24)14-7-3-1-4-8-14)13-26-19-22-21-18(27-19)20-15-9-5-2-6-10-15/h1-10H,11-13H2,(H,20,21). The second-order valence-corrected chi connectivity index (χ2v) is 8.03. The number of anilines is 2. The van der Waals surface area contributed by atoms with Gasteiger partial charge in [-0.3, -0.25) is 4.79 Å². The van der Waals surface area contributed by atoms with Gasteiger partial charge in [0.05, 0.1) is 18.0 Å². The number of thioether (sulfide) groups is 1. The van der Waals surface area contributed by atoms with Crippen LogP contribution in [0.1, 0.15) is 12.0 Å². The molecule has 2 heterocycles. The van der Waals surface area contributed by atoms with Crippen molar-refractivity contribution in [2.45, 2.75) is 10.8 Å². The van der Waals surface area contributed by atoms with Crippen LogP contribution in [0, 0.1) is 0 Å². The maximum absolute atomic E-state index is 12.4. The minimum Gasteiger partial charge on any atom is -0.330 e. The van der Waals surface area contributed by atoms with Crippen molar-refractivity contribution in [2.75, 3.05) is 17.6 Å². The summed E-state index contributed by atoms with van der Waals surface area (Å²) in [5, 5.41) is 18.2. The molecule has 27 heavy (non-hydrogen) atoms. The van der Waals surface area contributed by atoms with Crippen molar-refractivity contribution >= 4 is 45.5 Å². The molecule has 0 fully saturated rings. The minimum atomic E-state index is -0.0151. The van der Waals surface area contributed by atoms with Crippen LogP contribution in [0.2, 0.25) is 0 Å². The van der Waals surface area contributed by atoms with E-state index in [4.69, 9.17) is 0 Å². The highest BCUT2D eigenvalue weighted by Gasteiger charge is 2.22. The summed E-state index contributed by atoms with van der Waals surface area (Å²) in [5.74, 6) is 0.282. The average Bonchev–Trinajstić information content (AvgIpc) is 3.37. The van der Waals surface area contributed by atoms with Gasteiger partial charge in [0.1, 0.15) is 0 Å². The molecule has 0 bridgehead atoms. The van der Waals surface area contributed by atoms with Crippen molar-refractivity contribution in [3.8, 4) is 0 Å². The van der Waals surface area contributed by atoms with Gasteiger partial charge in [-0.05, 0) is 17.7 Å². The Kier molecular flexibility index (Phi) is 5.45. The lowest BCUT2D eigenvalue weighted by Crippen LogP contribution is -2.25. The summed E-state index contributed by atoms with van der Waals surface area (Å²) in [6.07, 6.45) is 0.782. The van der Waals surface area contributed by atoms with E-state index in [-0.39, 0.29) is 5.91 Å². The lowest BCUT2D eigenvalue weighted by molar-refractivity contribution is -0.127. The van der Waals surface area contributed by atoms with Gasteiger partial charge in [-0.2, -0.15) is 5.10 Å². The van der Waals surface area contributed by atoms with Gasteiger partial charge in [-0.1, -0.05) is 71.6 Å². The van der Waals surface area contributed by atoms with Gasteiger partial charge in [-0.15, -0.1) is 10.2 Å². The molecule has 4 rings (SSSR count). The summed E-state index contributed by atoms with van der Waals surface area (Å²) in [4.78, 5) is 12.4. The van der Waals surface area contributed by atoms with Crippen LogP contribution in [-0.2, 0) is 4.79 Å². The molecule has 0 saturated heterocycles. The van der Waals surface area contributed by atoms with E-state index < -0.39 is 0 Å². The van der Waals surface area contributed by atoms with Gasteiger partial charge in [0.2, 0.25) is 5.13 Å². The first-order valence-electron chi connectivity index (χ1n) is 8.49. The quantitative estimate of drug-likeness (QED) is 0.639. The molecular formula is C19H17N5OS2. The summed E-state index contributed by atoms with van der Waals surface area (Å²) >= 11 is 2.82. The number of amides is 1. The molecule has 1 N–H and O–H groups in total. The smallest absolute Gasteiger partial charge is 0.253 e. The Bertz CT molecular complexity index is 943. The molecular weight excluding hydrogens is 378 g/mol. The minimum absolute atomic E-state index is 0.0151. The number of nitrogens with one attached hydrogen (secondary N) is 1. The van der Waals surface area contributed by atoms with Gasteiger partial charge in [0.15, 0.2) is 4.34 Å². The normalized spacial score (nSPS) is 13.5. The molecule has 0 atom stereocenters. The number of hydrogen-bond acceptors (Lipinski definition) is 7. The first-order chi connectivity index (χ1) is 13.3. The molecule has 8 heteroatoms. The van der Waals surface area contributed by atoms with Crippen molar-refractivity contribution in [3.63, 3.8) is 0 Å². The van der Waals surface area contributed by atoms with Crippen molar-refractivity contribution in [1.29, 1.82) is 0 Å². The molecule has 0 unspecified atom stereocenters. The van der Waals surface area contributed by atoms with E-state index in [0.29, 0.717) is 17.4 Å². The number of para-hydroxylation sites is 1. The number of carbonyl (C=O) groups is 1. The predicted octanol–water partition coefficient (Wildman–Crippen LogP) is 4.01. The molecule has 3 aromatic rings. The predicted molar refractivity (Wildman–Crippen MR) is 110 cm³/mol. The Hall–Kier alpha value is -2.71. The largest absolute Gasteiger partial charge is 0.330 e. The molecule has 1 aliphatic heterocycles. The molecule has 0 aliphatic carbocycles. The first kappa shape index (κ1) is 17.7. The highest BCUT2D eigenvalue weighted by Crippen LogP contribution is 2.28. The lowest BCUT2D eigenvalue weighted by Gasteiger charge is -2.09. The van der Waals surface area contributed by atoms with Crippen molar-refractivity contribution in [1.82, 2.24) is 15.2 Å². The summed E-state index contributed by atoms with van der Waals surface area (Å²) in [6.45, 7) is 0.626. The third-order valence-corrected chi connectivity index (χ3v) is 5.90. The van der Waals surface area contributed by atoms with Crippen LogP contribution in [0.4, 0.5) is 10.8 Å². The SMILES string of the molecule is O=C(CSc1nnc(Nc2ccccc2)s1)N1CCC(c2ccccc2)=N1. The van der Waals surface area contributed by atoms with Crippen LogP contribution in [0.15, 0.2) is 70.1 Å². The Labute approximate surface area is 165 Å². The summed E-state index contributed by atoms with van der Waals surface area (Å²) in [6, 6.07) is 19.8. The molecule has 1 amide bonds. The van der Waals surface area contributed by atoms with Gasteiger partial charge < -0.3 is 5.32 Å². The maximum atomic E-state index is 12.4. The molecule has 1 aliphatic rings. The highest BCUT2D eigenvalue weighted by atomic mass is 32.2. The Morgan fingerprint density at radius 1 is 1.07 bits per heavy atom. The molecule has 136 valence electrons. The topological polar surface area (TPSA) is 70.5 Å². The zero-order valence-electron chi connectivity index (χ0n) is 14.4. The Morgan fingerprint density at radius 3 is 2.59 bits per heavy atom. The molecule has 2 aromatic carbocycles. The van der Waals surface area contributed by atoms with Crippen LogP contribution < -0.4 is 5.32 Å². The van der Waals surface area contributed by atoms with Crippen molar-refractivity contribution in [3.05, 3.63) is 66.2 Å². The summed E-state index contributed by atoms with van der Waals surface area (Å²) < 4.78 is 0.758. The highest BCUT2D eigenvalue weighted by molar-refractivity contribution is 8.01. The number of benzene rings is 2. The van der Waals surface area contributed by atoms with Crippen LogP contribution in [0.5, 0.6) is 0 Å². The van der Waals surface area contributed by atoms with E-state index in [1.807, 2.05) is 60.7 Å². The molecule has 0 saturated carbocycles. The van der Waals surface area contributed by atoms with E-state index in [1.165, 1.54) is 23.1 Å². The monoisotopic (exact) mass is 395 g/mol. The Morgan fingerprint density at radius 2 is 1.81 bits per heavy atom. The second kappa shape index (κ2) is 8.32. The first-order valence-corrected chi connectivity index (χ1v) is 10.3. The number of hydrogen-bond donors (Lipinski definition) is 1. The fourth-order valence-electron chi connectivity index (χ4n) is 2.63. The van der Waals surface area contributed by atoms with E-state index in [0.717, 1.165) is 27.7 Å². The number of carbonyl (C=O) groups excluding carboxylic acids is 1. The zero-order chi connectivity index (χ0) is 18.5. The molecule has 0 radical (unpaired) electrons. The van der Waals surface area contributed by atoms with Crippen molar-refractivity contribution in [2.24, 2.45) is 5.10 Å². The number of hydrazone groups is 1. The molecule has 0 spiro atoms. The van der Waals surface area contributed by atoms with E-state index in [9.17, 15) is 4.79 Å². The van der Waals surface area contributed by atoms with Gasteiger partial charge in [-0.25, -0.2) is 5.01 Å². The second-order valence-electron chi connectivity index (χ2n) is 5.83. The molecule has 1 aromatic heterocycles. The van der Waals surface area contributed by atoms with Gasteiger partial charge in [0.25, 0.3) is 5.91 Å². The zero-order valence-corrected chi connectivity index (χ0v) is 16.0. The maximum Gasteiger partial charge on any atom is 0.253 e. The molecule has 6 nitrogen and oxygen atoms in total. The average molecular weight is 396 g/mol. The number of rotatable bonds is 6.